The fourth-order valence-electron chi connectivity index (χ4n) is 3.96. The van der Waals surface area contributed by atoms with E-state index in [2.05, 4.69) is 54.2 Å². The van der Waals surface area contributed by atoms with Gasteiger partial charge in [-0.25, -0.2) is 0 Å². The van der Waals surface area contributed by atoms with Crippen LogP contribution in [0, 0.1) is 5.92 Å². The number of methoxy groups -OCH3 is 1. The predicted molar refractivity (Wildman–Crippen MR) is 101 cm³/mol. The second-order valence-corrected chi connectivity index (χ2v) is 7.34. The first kappa shape index (κ1) is 16.2. The second kappa shape index (κ2) is 6.23. The third-order valence-corrected chi connectivity index (χ3v) is 5.65. The van der Waals surface area contributed by atoms with E-state index in [1.54, 1.807) is 7.11 Å². The molecule has 1 N–H and O–H groups in total. The van der Waals surface area contributed by atoms with Gasteiger partial charge >= 0.3 is 0 Å². The molecule has 2 atom stereocenters. The smallest absolute Gasteiger partial charge is 0.118 e. The number of benzene rings is 2. The van der Waals surface area contributed by atoms with Gasteiger partial charge in [-0.3, -0.25) is 0 Å². The second-order valence-electron chi connectivity index (χ2n) is 7.34. The SMILES string of the molecule is COc1ccc(C[C@H]2C[C@@]2(O)CCc2cn(C)c3ccccc23)cc1. The molecular formula is C22H25NO2. The molecule has 0 amide bonds. The Hall–Kier alpha value is -2.26. The Morgan fingerprint density at radius 1 is 1.16 bits per heavy atom. The van der Waals surface area contributed by atoms with Crippen LogP contribution in [0.1, 0.15) is 24.0 Å². The molecule has 4 rings (SSSR count). The molecule has 1 aliphatic carbocycles. The summed E-state index contributed by atoms with van der Waals surface area (Å²) in [6, 6.07) is 16.7. The fourth-order valence-corrected chi connectivity index (χ4v) is 3.96. The number of rotatable bonds is 6. The van der Waals surface area contributed by atoms with Crippen molar-refractivity contribution >= 4 is 10.9 Å². The number of ether oxygens (including phenoxy) is 1. The zero-order chi connectivity index (χ0) is 17.4. The molecule has 25 heavy (non-hydrogen) atoms. The molecule has 1 aromatic heterocycles. The molecule has 3 heteroatoms. The minimum absolute atomic E-state index is 0.371. The van der Waals surface area contributed by atoms with Gasteiger partial charge < -0.3 is 14.4 Å². The molecule has 0 radical (unpaired) electrons. The van der Waals surface area contributed by atoms with E-state index in [-0.39, 0.29) is 0 Å². The summed E-state index contributed by atoms with van der Waals surface area (Å²) in [4.78, 5) is 0. The maximum absolute atomic E-state index is 10.9. The first-order valence-electron chi connectivity index (χ1n) is 8.97. The summed E-state index contributed by atoms with van der Waals surface area (Å²) in [7, 11) is 3.77. The molecule has 2 aromatic carbocycles. The summed E-state index contributed by atoms with van der Waals surface area (Å²) in [5.74, 6) is 1.25. The van der Waals surface area contributed by atoms with Crippen molar-refractivity contribution < 1.29 is 9.84 Å². The summed E-state index contributed by atoms with van der Waals surface area (Å²) >= 11 is 0. The van der Waals surface area contributed by atoms with Crippen LogP contribution in [0.3, 0.4) is 0 Å². The van der Waals surface area contributed by atoms with Crippen LogP contribution < -0.4 is 4.74 Å². The average molecular weight is 335 g/mol. The van der Waals surface area contributed by atoms with Crippen LogP contribution >= 0.6 is 0 Å². The molecule has 0 spiro atoms. The van der Waals surface area contributed by atoms with Crippen LogP contribution in [0.25, 0.3) is 10.9 Å². The van der Waals surface area contributed by atoms with E-state index in [4.69, 9.17) is 4.74 Å². The Labute approximate surface area is 148 Å². The van der Waals surface area contributed by atoms with Crippen molar-refractivity contribution in [2.24, 2.45) is 13.0 Å². The molecule has 3 aromatic rings. The minimum atomic E-state index is -0.503. The molecule has 1 heterocycles. The molecule has 1 fully saturated rings. The van der Waals surface area contributed by atoms with Crippen molar-refractivity contribution in [2.45, 2.75) is 31.3 Å². The summed E-state index contributed by atoms with van der Waals surface area (Å²) in [5, 5.41) is 12.2. The first-order chi connectivity index (χ1) is 12.1. The molecule has 1 saturated carbocycles. The van der Waals surface area contributed by atoms with Gasteiger partial charge in [0.15, 0.2) is 0 Å². The Kier molecular flexibility index (Phi) is 4.04. The highest BCUT2D eigenvalue weighted by molar-refractivity contribution is 5.83. The van der Waals surface area contributed by atoms with Gasteiger partial charge in [0, 0.05) is 24.1 Å². The van der Waals surface area contributed by atoms with Crippen molar-refractivity contribution in [1.82, 2.24) is 4.57 Å². The number of hydrogen-bond donors (Lipinski definition) is 1. The van der Waals surface area contributed by atoms with Gasteiger partial charge in [-0.2, -0.15) is 0 Å². The van der Waals surface area contributed by atoms with E-state index in [1.807, 2.05) is 12.1 Å². The highest BCUT2D eigenvalue weighted by Gasteiger charge is 2.51. The summed E-state index contributed by atoms with van der Waals surface area (Å²) in [6.45, 7) is 0. The number of aliphatic hydroxyl groups is 1. The molecule has 3 nitrogen and oxygen atoms in total. The summed E-state index contributed by atoms with van der Waals surface area (Å²) in [6.07, 6.45) is 5.81. The van der Waals surface area contributed by atoms with E-state index in [0.29, 0.717) is 5.92 Å². The Balaban J connectivity index is 1.39. The quantitative estimate of drug-likeness (QED) is 0.735. The third-order valence-electron chi connectivity index (χ3n) is 5.65. The van der Waals surface area contributed by atoms with Gasteiger partial charge in [-0.1, -0.05) is 30.3 Å². The lowest BCUT2D eigenvalue weighted by atomic mass is 10.0. The number of nitrogens with zero attached hydrogens (tertiary/aromatic N) is 1. The topological polar surface area (TPSA) is 34.4 Å². The van der Waals surface area contributed by atoms with Crippen molar-refractivity contribution in [3.63, 3.8) is 0 Å². The highest BCUT2D eigenvalue weighted by atomic mass is 16.5. The number of aryl methyl sites for hydroxylation is 2. The number of aromatic nitrogens is 1. The van der Waals surface area contributed by atoms with Crippen LogP contribution in [-0.2, 0) is 19.9 Å². The third kappa shape index (κ3) is 3.16. The first-order valence-corrected chi connectivity index (χ1v) is 8.97. The lowest BCUT2D eigenvalue weighted by molar-refractivity contribution is 0.121. The number of fused-ring (bicyclic) bond motifs is 1. The Morgan fingerprint density at radius 3 is 2.68 bits per heavy atom. The predicted octanol–water partition coefficient (Wildman–Crippen LogP) is 4.11. The Morgan fingerprint density at radius 2 is 1.92 bits per heavy atom. The maximum Gasteiger partial charge on any atom is 0.118 e. The largest absolute Gasteiger partial charge is 0.497 e. The highest BCUT2D eigenvalue weighted by Crippen LogP contribution is 2.49. The van der Waals surface area contributed by atoms with Crippen LogP contribution in [0.5, 0.6) is 5.75 Å². The summed E-state index contributed by atoms with van der Waals surface area (Å²) in [5.41, 5.74) is 3.36. The van der Waals surface area contributed by atoms with Crippen LogP contribution in [0.2, 0.25) is 0 Å². The van der Waals surface area contributed by atoms with Gasteiger partial charge in [0.05, 0.1) is 12.7 Å². The minimum Gasteiger partial charge on any atom is -0.497 e. The summed E-state index contributed by atoms with van der Waals surface area (Å²) < 4.78 is 7.38. The molecule has 130 valence electrons. The standard InChI is InChI=1S/C22H25NO2/c1-23-15-17(20-5-3-4-6-21(20)23)11-12-22(24)14-18(22)13-16-7-9-19(25-2)10-8-16/h3-10,15,18,24H,11-14H2,1-2H3/t18-,22-/m0/s1. The van der Waals surface area contributed by atoms with E-state index < -0.39 is 5.60 Å². The average Bonchev–Trinajstić information content (AvgIpc) is 3.15. The van der Waals surface area contributed by atoms with E-state index in [0.717, 1.165) is 31.4 Å². The van der Waals surface area contributed by atoms with Crippen LogP contribution in [0.4, 0.5) is 0 Å². The molecule has 0 saturated heterocycles. The lowest BCUT2D eigenvalue weighted by Gasteiger charge is -2.10. The maximum atomic E-state index is 10.9. The lowest BCUT2D eigenvalue weighted by Crippen LogP contribution is -2.13. The van der Waals surface area contributed by atoms with Gasteiger partial charge in [-0.15, -0.1) is 0 Å². The monoisotopic (exact) mass is 335 g/mol. The molecule has 0 unspecified atom stereocenters. The van der Waals surface area contributed by atoms with Gasteiger partial charge in [0.25, 0.3) is 0 Å². The molecule has 0 aliphatic heterocycles. The normalized spacial score (nSPS) is 22.3. The van der Waals surface area contributed by atoms with E-state index in [1.165, 1.54) is 22.0 Å². The van der Waals surface area contributed by atoms with Crippen molar-refractivity contribution in [1.29, 1.82) is 0 Å². The number of para-hydroxylation sites is 1. The van der Waals surface area contributed by atoms with E-state index >= 15 is 0 Å². The number of hydrogen-bond acceptors (Lipinski definition) is 2. The Bertz CT molecular complexity index is 881. The zero-order valence-corrected chi connectivity index (χ0v) is 14.9. The molecular weight excluding hydrogens is 310 g/mol. The zero-order valence-electron chi connectivity index (χ0n) is 14.9. The van der Waals surface area contributed by atoms with Crippen LogP contribution in [-0.4, -0.2) is 22.4 Å². The van der Waals surface area contributed by atoms with Crippen LogP contribution in [0.15, 0.2) is 54.7 Å². The van der Waals surface area contributed by atoms with Crippen molar-refractivity contribution in [3.05, 3.63) is 65.9 Å². The van der Waals surface area contributed by atoms with Gasteiger partial charge in [0.2, 0.25) is 0 Å². The van der Waals surface area contributed by atoms with Gasteiger partial charge in [-0.05, 0) is 60.9 Å². The molecule has 1 aliphatic rings. The van der Waals surface area contributed by atoms with Gasteiger partial charge in [0.1, 0.15) is 5.75 Å². The molecule has 0 bridgehead atoms. The van der Waals surface area contributed by atoms with E-state index in [9.17, 15) is 5.11 Å². The van der Waals surface area contributed by atoms with Crippen molar-refractivity contribution in [3.8, 4) is 5.75 Å². The van der Waals surface area contributed by atoms with Crippen molar-refractivity contribution in [2.75, 3.05) is 7.11 Å². The fraction of sp³-hybridized carbons (Fsp3) is 0.364.